The average Bonchev–Trinajstić information content (AvgIpc) is 2.98. The first-order valence-corrected chi connectivity index (χ1v) is 14.0. The second kappa shape index (κ2) is 14.9. The molecule has 0 aromatic heterocycles. The van der Waals surface area contributed by atoms with Gasteiger partial charge in [0.25, 0.3) is 11.8 Å². The third kappa shape index (κ3) is 10.2. The second-order valence-electron chi connectivity index (χ2n) is 11.4. The van der Waals surface area contributed by atoms with E-state index in [2.05, 4.69) is 21.3 Å². The Balaban J connectivity index is 1.68. The molecule has 4 N–H and O–H groups in total. The van der Waals surface area contributed by atoms with Gasteiger partial charge < -0.3 is 26.0 Å². The van der Waals surface area contributed by atoms with Crippen molar-refractivity contribution in [1.82, 2.24) is 16.0 Å². The predicted molar refractivity (Wildman–Crippen MR) is 163 cm³/mol. The Kier molecular flexibility index (Phi) is 11.4. The summed E-state index contributed by atoms with van der Waals surface area (Å²) in [4.78, 5) is 50.5. The SMILES string of the molecule is CNC(=O)CCc1ccc(NC(=O)[C@H](CC(C)(C)C)NC(=O)c2cc(CNC(=O)c3ccc(OC)cc3)ccc2F)cc1. The van der Waals surface area contributed by atoms with Crippen LogP contribution in [-0.4, -0.2) is 43.8 Å². The largest absolute Gasteiger partial charge is 0.497 e. The van der Waals surface area contributed by atoms with E-state index in [4.69, 9.17) is 4.74 Å². The van der Waals surface area contributed by atoms with Gasteiger partial charge in [-0.2, -0.15) is 0 Å². The Labute approximate surface area is 251 Å². The fourth-order valence-electron chi connectivity index (χ4n) is 4.31. The van der Waals surface area contributed by atoms with Gasteiger partial charge in [0.15, 0.2) is 0 Å². The number of halogens is 1. The summed E-state index contributed by atoms with van der Waals surface area (Å²) in [5.74, 6) is -1.70. The van der Waals surface area contributed by atoms with Crippen molar-refractivity contribution in [3.63, 3.8) is 0 Å². The lowest BCUT2D eigenvalue weighted by Crippen LogP contribution is -2.46. The van der Waals surface area contributed by atoms with Gasteiger partial charge in [-0.05, 0) is 77.9 Å². The molecule has 0 radical (unpaired) electrons. The zero-order valence-electron chi connectivity index (χ0n) is 25.2. The van der Waals surface area contributed by atoms with Crippen LogP contribution in [0.3, 0.4) is 0 Å². The van der Waals surface area contributed by atoms with E-state index in [1.165, 1.54) is 19.2 Å². The number of amides is 4. The van der Waals surface area contributed by atoms with Crippen molar-refractivity contribution in [1.29, 1.82) is 0 Å². The van der Waals surface area contributed by atoms with Gasteiger partial charge in [-0.3, -0.25) is 19.2 Å². The molecule has 10 heteroatoms. The lowest BCUT2D eigenvalue weighted by molar-refractivity contribution is -0.120. The first kappa shape index (κ1) is 32.8. The standard InChI is InChI=1S/C33H39FN4O5/c1-33(2,3)19-28(32(42)37-24-12-6-21(7-13-24)9-17-29(39)35-4)38-31(41)26-18-22(8-16-27(26)34)20-36-30(40)23-10-14-25(43-5)15-11-23/h6-8,10-16,18,28H,9,17,19-20H2,1-5H3,(H,35,39)(H,36,40)(H,37,42)(H,38,41)/t28-/m0/s1. The van der Waals surface area contributed by atoms with Crippen LogP contribution in [0.4, 0.5) is 10.1 Å². The van der Waals surface area contributed by atoms with Gasteiger partial charge in [-0.1, -0.05) is 39.0 Å². The van der Waals surface area contributed by atoms with E-state index in [-0.39, 0.29) is 29.3 Å². The molecule has 0 aliphatic carbocycles. The third-order valence-electron chi connectivity index (χ3n) is 6.66. The number of nitrogens with one attached hydrogen (secondary N) is 4. The number of aryl methyl sites for hydroxylation is 1. The molecule has 0 bridgehead atoms. The molecule has 3 aromatic rings. The topological polar surface area (TPSA) is 126 Å². The molecule has 0 aliphatic rings. The number of ether oxygens (including phenoxy) is 1. The number of hydrogen-bond donors (Lipinski definition) is 4. The van der Waals surface area contributed by atoms with E-state index in [9.17, 15) is 23.6 Å². The van der Waals surface area contributed by atoms with Crippen LogP contribution in [0.1, 0.15) is 65.5 Å². The van der Waals surface area contributed by atoms with E-state index in [0.717, 1.165) is 11.6 Å². The van der Waals surface area contributed by atoms with Crippen LogP contribution in [0, 0.1) is 11.2 Å². The minimum atomic E-state index is -0.946. The van der Waals surface area contributed by atoms with Crippen molar-refractivity contribution >= 4 is 29.3 Å². The Morgan fingerprint density at radius 3 is 2.14 bits per heavy atom. The van der Waals surface area contributed by atoms with Crippen molar-refractivity contribution in [3.8, 4) is 5.75 Å². The number of hydrogen-bond acceptors (Lipinski definition) is 5. The van der Waals surface area contributed by atoms with Crippen molar-refractivity contribution in [2.75, 3.05) is 19.5 Å². The summed E-state index contributed by atoms with van der Waals surface area (Å²) in [7, 11) is 3.12. The Morgan fingerprint density at radius 1 is 0.884 bits per heavy atom. The summed E-state index contributed by atoms with van der Waals surface area (Å²) in [5, 5.41) is 10.9. The number of carbonyl (C=O) groups excluding carboxylic acids is 4. The number of methoxy groups -OCH3 is 1. The first-order chi connectivity index (χ1) is 20.4. The molecule has 43 heavy (non-hydrogen) atoms. The summed E-state index contributed by atoms with van der Waals surface area (Å²) < 4.78 is 19.9. The lowest BCUT2D eigenvalue weighted by atomic mass is 9.87. The average molecular weight is 591 g/mol. The van der Waals surface area contributed by atoms with E-state index < -0.39 is 23.7 Å². The molecular weight excluding hydrogens is 551 g/mol. The highest BCUT2D eigenvalue weighted by atomic mass is 19.1. The van der Waals surface area contributed by atoms with Crippen LogP contribution < -0.4 is 26.0 Å². The zero-order chi connectivity index (χ0) is 31.6. The first-order valence-electron chi connectivity index (χ1n) is 14.0. The van der Waals surface area contributed by atoms with E-state index >= 15 is 0 Å². The maximum atomic E-state index is 14.8. The molecule has 1 atom stereocenters. The number of benzene rings is 3. The minimum Gasteiger partial charge on any atom is -0.497 e. The molecule has 0 heterocycles. The highest BCUT2D eigenvalue weighted by Crippen LogP contribution is 2.23. The summed E-state index contributed by atoms with van der Waals surface area (Å²) >= 11 is 0. The molecule has 3 rings (SSSR count). The van der Waals surface area contributed by atoms with Crippen molar-refractivity contribution < 1.29 is 28.3 Å². The molecule has 9 nitrogen and oxygen atoms in total. The lowest BCUT2D eigenvalue weighted by Gasteiger charge is -2.26. The van der Waals surface area contributed by atoms with Gasteiger partial charge in [-0.15, -0.1) is 0 Å². The van der Waals surface area contributed by atoms with Crippen molar-refractivity contribution in [2.45, 2.75) is 52.6 Å². The maximum absolute atomic E-state index is 14.8. The Hall–Kier alpha value is -4.73. The van der Waals surface area contributed by atoms with Gasteiger partial charge in [0.2, 0.25) is 11.8 Å². The summed E-state index contributed by atoms with van der Waals surface area (Å²) in [5.41, 5.74) is 1.85. The van der Waals surface area contributed by atoms with Crippen LogP contribution in [0.15, 0.2) is 66.7 Å². The summed E-state index contributed by atoms with van der Waals surface area (Å²) in [6, 6.07) is 16.8. The highest BCUT2D eigenvalue weighted by molar-refractivity contribution is 6.01. The third-order valence-corrected chi connectivity index (χ3v) is 6.66. The molecule has 0 saturated carbocycles. The Bertz CT molecular complexity index is 1430. The number of anilines is 1. The van der Waals surface area contributed by atoms with E-state index in [1.807, 2.05) is 32.9 Å². The van der Waals surface area contributed by atoms with Gasteiger partial charge in [0, 0.05) is 31.3 Å². The van der Waals surface area contributed by atoms with Crippen LogP contribution in [0.5, 0.6) is 5.75 Å². The fraction of sp³-hybridized carbons (Fsp3) is 0.333. The van der Waals surface area contributed by atoms with Crippen LogP contribution in [-0.2, 0) is 22.6 Å². The normalized spacial score (nSPS) is 11.7. The smallest absolute Gasteiger partial charge is 0.254 e. The summed E-state index contributed by atoms with van der Waals surface area (Å²) in [6.45, 7) is 5.88. The quantitative estimate of drug-likeness (QED) is 0.245. The second-order valence-corrected chi connectivity index (χ2v) is 11.4. The van der Waals surface area contributed by atoms with Crippen LogP contribution in [0.2, 0.25) is 0 Å². The van der Waals surface area contributed by atoms with Crippen LogP contribution in [0.25, 0.3) is 0 Å². The highest BCUT2D eigenvalue weighted by Gasteiger charge is 2.28. The molecular formula is C33H39FN4O5. The predicted octanol–water partition coefficient (Wildman–Crippen LogP) is 4.62. The zero-order valence-corrected chi connectivity index (χ0v) is 25.2. The van der Waals surface area contributed by atoms with Gasteiger partial charge in [0.05, 0.1) is 12.7 Å². The molecule has 3 aromatic carbocycles. The molecule has 0 fully saturated rings. The molecule has 4 amide bonds. The maximum Gasteiger partial charge on any atom is 0.254 e. The fourth-order valence-corrected chi connectivity index (χ4v) is 4.31. The van der Waals surface area contributed by atoms with Crippen molar-refractivity contribution in [2.24, 2.45) is 5.41 Å². The van der Waals surface area contributed by atoms with Gasteiger partial charge >= 0.3 is 0 Å². The van der Waals surface area contributed by atoms with E-state index in [0.29, 0.717) is 41.8 Å². The van der Waals surface area contributed by atoms with Crippen molar-refractivity contribution in [3.05, 3.63) is 94.8 Å². The Morgan fingerprint density at radius 2 is 1.53 bits per heavy atom. The minimum absolute atomic E-state index is 0.0570. The number of carbonyl (C=O) groups is 4. The van der Waals surface area contributed by atoms with Gasteiger partial charge in [0.1, 0.15) is 17.6 Å². The molecule has 0 spiro atoms. The number of rotatable bonds is 12. The van der Waals surface area contributed by atoms with Gasteiger partial charge in [-0.25, -0.2) is 4.39 Å². The van der Waals surface area contributed by atoms with E-state index in [1.54, 1.807) is 43.4 Å². The monoisotopic (exact) mass is 590 g/mol. The summed E-state index contributed by atoms with van der Waals surface area (Å²) in [6.07, 6.45) is 1.22. The molecule has 0 saturated heterocycles. The van der Waals surface area contributed by atoms with Crippen LogP contribution >= 0.6 is 0 Å². The molecule has 0 aliphatic heterocycles. The molecule has 228 valence electrons. The molecule has 0 unspecified atom stereocenters.